The van der Waals surface area contributed by atoms with Gasteiger partial charge in [-0.05, 0) is 18.6 Å². The molecular weight excluding hydrogens is 162 g/mol. The van der Waals surface area contributed by atoms with Crippen LogP contribution in [0.5, 0.6) is 0 Å². The third kappa shape index (κ3) is 0.813. The molecule has 1 aromatic carbocycles. The SMILES string of the molecule is Nc1cccc2nc3n(c12)CCC3. The van der Waals surface area contributed by atoms with E-state index in [9.17, 15) is 0 Å². The lowest BCUT2D eigenvalue weighted by molar-refractivity contribution is 0.772. The lowest BCUT2D eigenvalue weighted by Crippen LogP contribution is -1.95. The van der Waals surface area contributed by atoms with Gasteiger partial charge >= 0.3 is 0 Å². The van der Waals surface area contributed by atoms with Crippen LogP contribution in [0.15, 0.2) is 18.2 Å². The molecule has 2 heterocycles. The number of aryl methyl sites for hydroxylation is 2. The number of aromatic nitrogens is 2. The lowest BCUT2D eigenvalue weighted by Gasteiger charge is -2.00. The van der Waals surface area contributed by atoms with Crippen LogP contribution >= 0.6 is 0 Å². The molecule has 0 bridgehead atoms. The van der Waals surface area contributed by atoms with E-state index in [0.29, 0.717) is 0 Å². The Labute approximate surface area is 76.2 Å². The minimum absolute atomic E-state index is 0.846. The van der Waals surface area contributed by atoms with Gasteiger partial charge in [-0.15, -0.1) is 0 Å². The van der Waals surface area contributed by atoms with E-state index in [1.54, 1.807) is 0 Å². The standard InChI is InChI=1S/C10H11N3/c11-7-3-1-4-8-10(7)13-6-2-5-9(13)12-8/h1,3-4H,2,5-6,11H2. The average molecular weight is 173 g/mol. The molecule has 0 fully saturated rings. The van der Waals surface area contributed by atoms with Gasteiger partial charge in [0.25, 0.3) is 0 Å². The van der Waals surface area contributed by atoms with Gasteiger partial charge in [0, 0.05) is 13.0 Å². The zero-order chi connectivity index (χ0) is 8.84. The Morgan fingerprint density at radius 3 is 3.23 bits per heavy atom. The van der Waals surface area contributed by atoms with Crippen molar-refractivity contribution in [1.29, 1.82) is 0 Å². The number of para-hydroxylation sites is 1. The number of hydrogen-bond acceptors (Lipinski definition) is 2. The van der Waals surface area contributed by atoms with Crippen LogP contribution in [0.2, 0.25) is 0 Å². The van der Waals surface area contributed by atoms with E-state index in [2.05, 4.69) is 9.55 Å². The first kappa shape index (κ1) is 6.95. The number of anilines is 1. The summed E-state index contributed by atoms with van der Waals surface area (Å²) in [7, 11) is 0. The van der Waals surface area contributed by atoms with Gasteiger partial charge in [0.2, 0.25) is 0 Å². The zero-order valence-corrected chi connectivity index (χ0v) is 7.33. The van der Waals surface area contributed by atoms with Gasteiger partial charge in [0.15, 0.2) is 0 Å². The van der Waals surface area contributed by atoms with Crippen LogP contribution in [-0.4, -0.2) is 9.55 Å². The van der Waals surface area contributed by atoms with Crippen molar-refractivity contribution in [1.82, 2.24) is 9.55 Å². The molecule has 0 unspecified atom stereocenters. The number of nitrogens with two attached hydrogens (primary N) is 1. The molecule has 3 heteroatoms. The fraction of sp³-hybridized carbons (Fsp3) is 0.300. The van der Waals surface area contributed by atoms with Crippen molar-refractivity contribution in [2.45, 2.75) is 19.4 Å². The summed E-state index contributed by atoms with van der Waals surface area (Å²) < 4.78 is 2.24. The van der Waals surface area contributed by atoms with Gasteiger partial charge in [-0.1, -0.05) is 6.07 Å². The van der Waals surface area contributed by atoms with Crippen LogP contribution in [0.25, 0.3) is 11.0 Å². The molecule has 13 heavy (non-hydrogen) atoms. The monoisotopic (exact) mass is 173 g/mol. The molecule has 0 saturated heterocycles. The molecule has 3 nitrogen and oxygen atoms in total. The summed E-state index contributed by atoms with van der Waals surface area (Å²) in [6.07, 6.45) is 2.29. The van der Waals surface area contributed by atoms with Crippen LogP contribution in [-0.2, 0) is 13.0 Å². The van der Waals surface area contributed by atoms with E-state index >= 15 is 0 Å². The van der Waals surface area contributed by atoms with Crippen LogP contribution in [0, 0.1) is 0 Å². The molecule has 0 aliphatic carbocycles. The Hall–Kier alpha value is -1.51. The van der Waals surface area contributed by atoms with Crippen molar-refractivity contribution in [2.75, 3.05) is 5.73 Å². The van der Waals surface area contributed by atoms with Crippen LogP contribution in [0.4, 0.5) is 5.69 Å². The van der Waals surface area contributed by atoms with E-state index in [-0.39, 0.29) is 0 Å². The van der Waals surface area contributed by atoms with Gasteiger partial charge in [-0.3, -0.25) is 0 Å². The highest BCUT2D eigenvalue weighted by molar-refractivity contribution is 5.87. The Balaban J connectivity index is 2.46. The summed E-state index contributed by atoms with van der Waals surface area (Å²) in [6.45, 7) is 1.07. The Kier molecular flexibility index (Phi) is 1.20. The van der Waals surface area contributed by atoms with Crippen LogP contribution in [0.1, 0.15) is 12.2 Å². The number of nitrogen functional groups attached to an aromatic ring is 1. The van der Waals surface area contributed by atoms with E-state index in [4.69, 9.17) is 5.73 Å². The van der Waals surface area contributed by atoms with Crippen LogP contribution < -0.4 is 5.73 Å². The summed E-state index contributed by atoms with van der Waals surface area (Å²) >= 11 is 0. The summed E-state index contributed by atoms with van der Waals surface area (Å²) in [5, 5.41) is 0. The molecule has 1 aliphatic rings. The van der Waals surface area contributed by atoms with Crippen molar-refractivity contribution in [3.63, 3.8) is 0 Å². The second-order valence-corrected chi connectivity index (χ2v) is 3.50. The zero-order valence-electron chi connectivity index (χ0n) is 7.33. The molecule has 0 atom stereocenters. The van der Waals surface area contributed by atoms with Crippen molar-refractivity contribution in [3.05, 3.63) is 24.0 Å². The fourth-order valence-corrected chi connectivity index (χ4v) is 2.09. The lowest BCUT2D eigenvalue weighted by atomic mass is 10.2. The predicted molar refractivity (Wildman–Crippen MR) is 52.5 cm³/mol. The van der Waals surface area contributed by atoms with Gasteiger partial charge in [0.05, 0.1) is 16.7 Å². The third-order valence-corrected chi connectivity index (χ3v) is 2.66. The van der Waals surface area contributed by atoms with Crippen molar-refractivity contribution in [2.24, 2.45) is 0 Å². The highest BCUT2D eigenvalue weighted by Crippen LogP contribution is 2.26. The second-order valence-electron chi connectivity index (χ2n) is 3.50. The largest absolute Gasteiger partial charge is 0.397 e. The average Bonchev–Trinajstić information content (AvgIpc) is 2.62. The van der Waals surface area contributed by atoms with Crippen molar-refractivity contribution in [3.8, 4) is 0 Å². The Morgan fingerprint density at radius 1 is 1.38 bits per heavy atom. The number of nitrogens with zero attached hydrogens (tertiary/aromatic N) is 2. The quantitative estimate of drug-likeness (QED) is 0.614. The molecule has 2 N–H and O–H groups in total. The van der Waals surface area contributed by atoms with E-state index in [1.807, 2.05) is 18.2 Å². The molecule has 66 valence electrons. The molecule has 1 aromatic heterocycles. The van der Waals surface area contributed by atoms with Gasteiger partial charge in [-0.25, -0.2) is 4.98 Å². The smallest absolute Gasteiger partial charge is 0.109 e. The van der Waals surface area contributed by atoms with E-state index in [1.165, 1.54) is 12.2 Å². The normalized spacial score (nSPS) is 15.1. The molecule has 3 rings (SSSR count). The number of imidazole rings is 1. The first-order valence-corrected chi connectivity index (χ1v) is 4.60. The van der Waals surface area contributed by atoms with Gasteiger partial charge < -0.3 is 10.3 Å². The van der Waals surface area contributed by atoms with Gasteiger partial charge in [0.1, 0.15) is 5.82 Å². The van der Waals surface area contributed by atoms with Crippen LogP contribution in [0.3, 0.4) is 0 Å². The summed E-state index contributed by atoms with van der Waals surface area (Å²) in [5.41, 5.74) is 8.92. The van der Waals surface area contributed by atoms with E-state index in [0.717, 1.165) is 29.7 Å². The maximum atomic E-state index is 5.91. The van der Waals surface area contributed by atoms with Crippen molar-refractivity contribution >= 4 is 16.7 Å². The summed E-state index contributed by atoms with van der Waals surface area (Å²) in [6, 6.07) is 5.92. The summed E-state index contributed by atoms with van der Waals surface area (Å²) in [4.78, 5) is 4.54. The highest BCUT2D eigenvalue weighted by atomic mass is 15.1. The number of benzene rings is 1. The number of rotatable bonds is 0. The third-order valence-electron chi connectivity index (χ3n) is 2.66. The van der Waals surface area contributed by atoms with Crippen molar-refractivity contribution < 1.29 is 0 Å². The topological polar surface area (TPSA) is 43.8 Å². The molecule has 0 saturated carbocycles. The molecule has 0 spiro atoms. The minimum atomic E-state index is 0.846. The molecule has 2 aromatic rings. The fourth-order valence-electron chi connectivity index (χ4n) is 2.09. The minimum Gasteiger partial charge on any atom is -0.397 e. The molecule has 1 aliphatic heterocycles. The van der Waals surface area contributed by atoms with Gasteiger partial charge in [-0.2, -0.15) is 0 Å². The Morgan fingerprint density at radius 2 is 2.31 bits per heavy atom. The highest BCUT2D eigenvalue weighted by Gasteiger charge is 2.16. The first-order chi connectivity index (χ1) is 6.36. The second kappa shape index (κ2) is 2.25. The predicted octanol–water partition coefficient (Wildman–Crippen LogP) is 1.56. The number of fused-ring (bicyclic) bond motifs is 3. The maximum absolute atomic E-state index is 5.91. The van der Waals surface area contributed by atoms with E-state index < -0.39 is 0 Å². The number of hydrogen-bond donors (Lipinski definition) is 1. The molecule has 0 radical (unpaired) electrons. The Bertz CT molecular complexity index is 470. The maximum Gasteiger partial charge on any atom is 0.109 e. The summed E-state index contributed by atoms with van der Waals surface area (Å²) in [5.74, 6) is 1.19. The molecular formula is C10H11N3. The molecule has 0 amide bonds. The first-order valence-electron chi connectivity index (χ1n) is 4.60.